The Hall–Kier alpha value is -2.03. The van der Waals surface area contributed by atoms with E-state index in [4.69, 9.17) is 4.74 Å². The zero-order valence-corrected chi connectivity index (χ0v) is 11.6. The second-order valence-electron chi connectivity index (χ2n) is 5.12. The van der Waals surface area contributed by atoms with Gasteiger partial charge in [0.05, 0.1) is 7.11 Å². The summed E-state index contributed by atoms with van der Waals surface area (Å²) in [4.78, 5) is 0. The molecule has 3 rings (SSSR count). The number of halogens is 1. The highest BCUT2D eigenvalue weighted by Crippen LogP contribution is 2.29. The lowest BCUT2D eigenvalue weighted by Crippen LogP contribution is -2.14. The van der Waals surface area contributed by atoms with Crippen molar-refractivity contribution in [3.8, 4) is 5.75 Å². The first-order chi connectivity index (χ1) is 9.78. The van der Waals surface area contributed by atoms with Crippen molar-refractivity contribution in [2.75, 3.05) is 19.0 Å². The van der Waals surface area contributed by atoms with Crippen molar-refractivity contribution in [2.24, 2.45) is 0 Å². The molecule has 1 aliphatic heterocycles. The first-order valence-electron chi connectivity index (χ1n) is 6.95. The molecule has 0 aliphatic carbocycles. The standard InChI is InChI=1S/C17H18FNO/c1-20-15-8-7-13(16(18)11-15)10-14-5-2-4-12-6-3-9-19-17(12)14/h2,4-5,7-8,11,19H,3,6,9-10H2,1H3. The van der Waals surface area contributed by atoms with Gasteiger partial charge in [-0.15, -0.1) is 0 Å². The highest BCUT2D eigenvalue weighted by molar-refractivity contribution is 5.60. The van der Waals surface area contributed by atoms with Gasteiger partial charge in [-0.3, -0.25) is 0 Å². The first kappa shape index (κ1) is 13.0. The summed E-state index contributed by atoms with van der Waals surface area (Å²) in [5, 5.41) is 3.45. The van der Waals surface area contributed by atoms with Crippen LogP contribution in [-0.2, 0) is 12.8 Å². The minimum absolute atomic E-state index is 0.210. The van der Waals surface area contributed by atoms with Crippen LogP contribution in [0.3, 0.4) is 0 Å². The molecule has 3 heteroatoms. The van der Waals surface area contributed by atoms with Crippen LogP contribution in [0.25, 0.3) is 0 Å². The van der Waals surface area contributed by atoms with E-state index in [0.717, 1.165) is 24.9 Å². The summed E-state index contributed by atoms with van der Waals surface area (Å²) in [6.07, 6.45) is 2.86. The van der Waals surface area contributed by atoms with Crippen LogP contribution in [0.5, 0.6) is 5.75 Å². The second kappa shape index (κ2) is 5.53. The van der Waals surface area contributed by atoms with Crippen molar-refractivity contribution in [3.05, 3.63) is 58.9 Å². The summed E-state index contributed by atoms with van der Waals surface area (Å²) in [5.74, 6) is 0.345. The molecule has 1 heterocycles. The molecule has 0 saturated carbocycles. The molecular formula is C17H18FNO. The van der Waals surface area contributed by atoms with Gasteiger partial charge in [-0.2, -0.15) is 0 Å². The lowest BCUT2D eigenvalue weighted by Gasteiger charge is -2.21. The number of anilines is 1. The summed E-state index contributed by atoms with van der Waals surface area (Å²) in [6.45, 7) is 0.995. The molecule has 0 amide bonds. The molecule has 20 heavy (non-hydrogen) atoms. The lowest BCUT2D eigenvalue weighted by molar-refractivity contribution is 0.411. The number of benzene rings is 2. The maximum absolute atomic E-state index is 14.1. The Labute approximate surface area is 118 Å². The largest absolute Gasteiger partial charge is 0.497 e. The molecule has 0 atom stereocenters. The van der Waals surface area contributed by atoms with Gasteiger partial charge in [0.2, 0.25) is 0 Å². The third-order valence-electron chi connectivity index (χ3n) is 3.80. The summed E-state index contributed by atoms with van der Waals surface area (Å²) in [5.41, 5.74) is 4.38. The molecule has 1 N–H and O–H groups in total. The van der Waals surface area contributed by atoms with Crippen LogP contribution < -0.4 is 10.1 Å². The van der Waals surface area contributed by atoms with Gasteiger partial charge in [-0.1, -0.05) is 24.3 Å². The molecule has 104 valence electrons. The van der Waals surface area contributed by atoms with Crippen LogP contribution in [0.1, 0.15) is 23.1 Å². The minimum Gasteiger partial charge on any atom is -0.497 e. The van der Waals surface area contributed by atoms with Gasteiger partial charge in [0.15, 0.2) is 0 Å². The van der Waals surface area contributed by atoms with Crippen molar-refractivity contribution in [2.45, 2.75) is 19.3 Å². The van der Waals surface area contributed by atoms with Gasteiger partial charge in [0.25, 0.3) is 0 Å². The Balaban J connectivity index is 1.92. The Bertz CT molecular complexity index is 624. The second-order valence-corrected chi connectivity index (χ2v) is 5.12. The van der Waals surface area contributed by atoms with E-state index in [0.29, 0.717) is 17.7 Å². The van der Waals surface area contributed by atoms with Crippen molar-refractivity contribution < 1.29 is 9.13 Å². The number of rotatable bonds is 3. The van der Waals surface area contributed by atoms with E-state index in [1.165, 1.54) is 17.3 Å². The lowest BCUT2D eigenvalue weighted by atomic mass is 9.95. The van der Waals surface area contributed by atoms with Crippen LogP contribution in [0.4, 0.5) is 10.1 Å². The smallest absolute Gasteiger partial charge is 0.130 e. The first-order valence-corrected chi connectivity index (χ1v) is 6.95. The van der Waals surface area contributed by atoms with E-state index in [1.807, 2.05) is 0 Å². The van der Waals surface area contributed by atoms with E-state index in [-0.39, 0.29) is 5.82 Å². The quantitative estimate of drug-likeness (QED) is 0.917. The molecule has 0 saturated heterocycles. The molecule has 0 aromatic heterocycles. The normalized spacial score (nSPS) is 13.5. The fourth-order valence-electron chi connectivity index (χ4n) is 2.73. The van der Waals surface area contributed by atoms with Gasteiger partial charge < -0.3 is 10.1 Å². The molecule has 2 aromatic rings. The summed E-state index contributed by atoms with van der Waals surface area (Å²) in [6, 6.07) is 11.3. The van der Waals surface area contributed by atoms with Crippen LogP contribution in [0.2, 0.25) is 0 Å². The van der Waals surface area contributed by atoms with E-state index < -0.39 is 0 Å². The molecule has 0 bridgehead atoms. The van der Waals surface area contributed by atoms with Gasteiger partial charge >= 0.3 is 0 Å². The van der Waals surface area contributed by atoms with Crippen LogP contribution in [0.15, 0.2) is 36.4 Å². The molecular weight excluding hydrogens is 253 g/mol. The maximum Gasteiger partial charge on any atom is 0.130 e. The maximum atomic E-state index is 14.1. The molecule has 0 fully saturated rings. The molecule has 2 aromatic carbocycles. The highest BCUT2D eigenvalue weighted by atomic mass is 19.1. The van der Waals surface area contributed by atoms with E-state index >= 15 is 0 Å². The van der Waals surface area contributed by atoms with Crippen molar-refractivity contribution >= 4 is 5.69 Å². The van der Waals surface area contributed by atoms with E-state index in [9.17, 15) is 4.39 Å². The zero-order chi connectivity index (χ0) is 13.9. The van der Waals surface area contributed by atoms with Crippen molar-refractivity contribution in [1.29, 1.82) is 0 Å². The Morgan fingerprint density at radius 2 is 2.10 bits per heavy atom. The number of aryl methyl sites for hydroxylation is 1. The predicted octanol–water partition coefficient (Wildman–Crippen LogP) is 3.78. The van der Waals surface area contributed by atoms with Crippen molar-refractivity contribution in [3.63, 3.8) is 0 Å². The average molecular weight is 271 g/mol. The number of nitrogens with one attached hydrogen (secondary N) is 1. The number of para-hydroxylation sites is 1. The monoisotopic (exact) mass is 271 g/mol. The topological polar surface area (TPSA) is 21.3 Å². The Morgan fingerprint density at radius 3 is 2.90 bits per heavy atom. The average Bonchev–Trinajstić information content (AvgIpc) is 2.49. The molecule has 2 nitrogen and oxygen atoms in total. The van der Waals surface area contributed by atoms with Crippen LogP contribution in [-0.4, -0.2) is 13.7 Å². The third-order valence-corrected chi connectivity index (χ3v) is 3.80. The highest BCUT2D eigenvalue weighted by Gasteiger charge is 2.14. The van der Waals surface area contributed by atoms with E-state index in [1.54, 1.807) is 19.2 Å². The molecule has 1 aliphatic rings. The zero-order valence-electron chi connectivity index (χ0n) is 11.6. The molecule has 0 radical (unpaired) electrons. The molecule has 0 spiro atoms. The number of methoxy groups -OCH3 is 1. The number of hydrogen-bond donors (Lipinski definition) is 1. The van der Waals surface area contributed by atoms with Gasteiger partial charge in [0.1, 0.15) is 11.6 Å². The van der Waals surface area contributed by atoms with Crippen LogP contribution >= 0.6 is 0 Å². The summed E-state index contributed by atoms with van der Waals surface area (Å²) in [7, 11) is 1.55. The Kier molecular flexibility index (Phi) is 3.59. The van der Waals surface area contributed by atoms with Crippen LogP contribution in [0, 0.1) is 5.82 Å². The molecule has 0 unspecified atom stereocenters. The number of ether oxygens (including phenoxy) is 1. The summed E-state index contributed by atoms with van der Waals surface area (Å²) >= 11 is 0. The minimum atomic E-state index is -0.210. The predicted molar refractivity (Wildman–Crippen MR) is 79.0 cm³/mol. The van der Waals surface area contributed by atoms with E-state index in [2.05, 4.69) is 23.5 Å². The third kappa shape index (κ3) is 2.48. The number of fused-ring (bicyclic) bond motifs is 1. The van der Waals surface area contributed by atoms with Gasteiger partial charge in [-0.05, 0) is 35.6 Å². The fourth-order valence-corrected chi connectivity index (χ4v) is 2.73. The Morgan fingerprint density at radius 1 is 1.20 bits per heavy atom. The van der Waals surface area contributed by atoms with Gasteiger partial charge in [0, 0.05) is 24.7 Å². The van der Waals surface area contributed by atoms with Gasteiger partial charge in [-0.25, -0.2) is 4.39 Å². The van der Waals surface area contributed by atoms with Crippen molar-refractivity contribution in [1.82, 2.24) is 0 Å². The SMILES string of the molecule is COc1ccc(Cc2cccc3c2NCCC3)c(F)c1. The number of hydrogen-bond acceptors (Lipinski definition) is 2. The summed E-state index contributed by atoms with van der Waals surface area (Å²) < 4.78 is 19.1. The fraction of sp³-hybridized carbons (Fsp3) is 0.294.